The number of nitrogens with zero attached hydrogens (tertiary/aromatic N) is 3. The molecule has 1 aromatic heterocycles. The monoisotopic (exact) mass is 319 g/mol. The van der Waals surface area contributed by atoms with Crippen molar-refractivity contribution in [3.05, 3.63) is 42.0 Å². The van der Waals surface area contributed by atoms with Crippen LogP contribution in [0.3, 0.4) is 0 Å². The molecule has 122 valence electrons. The van der Waals surface area contributed by atoms with Gasteiger partial charge >= 0.3 is 0 Å². The zero-order valence-electron chi connectivity index (χ0n) is 12.9. The summed E-state index contributed by atoms with van der Waals surface area (Å²) in [5, 5.41) is 9.10. The second-order valence-electron chi connectivity index (χ2n) is 4.94. The number of benzene rings is 1. The van der Waals surface area contributed by atoms with Crippen LogP contribution in [0.15, 0.2) is 30.6 Å². The van der Waals surface area contributed by atoms with Crippen LogP contribution in [-0.2, 0) is 16.1 Å². The quantitative estimate of drug-likeness (QED) is 0.840. The van der Waals surface area contributed by atoms with Crippen LogP contribution < -0.4 is 10.6 Å². The number of likely N-dealkylation sites (N-methyl/N-ethyl adjacent to an activating group) is 1. The Labute approximate surface area is 132 Å². The van der Waals surface area contributed by atoms with Gasteiger partial charge in [0, 0.05) is 7.05 Å². The number of hydrogen-bond donors (Lipinski definition) is 2. The number of carbonyl (C=O) groups excluding carboxylic acids is 2. The topological polar surface area (TPSA) is 88.9 Å². The second-order valence-corrected chi connectivity index (χ2v) is 4.94. The van der Waals surface area contributed by atoms with Gasteiger partial charge in [-0.15, -0.1) is 5.10 Å². The highest BCUT2D eigenvalue weighted by Gasteiger charge is 2.20. The summed E-state index contributed by atoms with van der Waals surface area (Å²) < 4.78 is 14.3. The fourth-order valence-electron chi connectivity index (χ4n) is 2.12. The highest BCUT2D eigenvalue weighted by molar-refractivity contribution is 5.94. The molecule has 1 aromatic carbocycles. The molecular weight excluding hydrogens is 301 g/mol. The molecule has 8 heteroatoms. The van der Waals surface area contributed by atoms with E-state index >= 15 is 0 Å². The number of aromatic nitrogens is 3. The van der Waals surface area contributed by atoms with Crippen molar-refractivity contribution in [2.24, 2.45) is 0 Å². The Morgan fingerprint density at radius 3 is 2.61 bits per heavy atom. The van der Waals surface area contributed by atoms with Crippen LogP contribution in [0.5, 0.6) is 0 Å². The van der Waals surface area contributed by atoms with E-state index in [1.54, 1.807) is 12.1 Å². The first-order chi connectivity index (χ1) is 11.0. The normalized spacial score (nSPS) is 11.8. The second kappa shape index (κ2) is 7.48. The first kappa shape index (κ1) is 16.6. The van der Waals surface area contributed by atoms with Crippen molar-refractivity contribution >= 4 is 17.8 Å². The molecule has 1 atom stereocenters. The van der Waals surface area contributed by atoms with Gasteiger partial charge in [0.2, 0.25) is 17.8 Å². The molecule has 0 saturated carbocycles. The Morgan fingerprint density at radius 2 is 2.00 bits per heavy atom. The summed E-state index contributed by atoms with van der Waals surface area (Å²) in [5.74, 6) is -1.15. The Bertz CT molecular complexity index is 683. The zero-order valence-corrected chi connectivity index (χ0v) is 12.9. The maximum atomic E-state index is 13.0. The minimum atomic E-state index is -0.429. The molecule has 2 amide bonds. The van der Waals surface area contributed by atoms with Crippen LogP contribution in [0, 0.1) is 5.82 Å². The third kappa shape index (κ3) is 4.35. The molecule has 0 radical (unpaired) electrons. The lowest BCUT2D eigenvalue weighted by Crippen LogP contribution is -2.24. The third-order valence-electron chi connectivity index (χ3n) is 3.35. The lowest BCUT2D eigenvalue weighted by Gasteiger charge is -2.13. The largest absolute Gasteiger partial charge is 0.358 e. The third-order valence-corrected chi connectivity index (χ3v) is 3.35. The molecule has 1 heterocycles. The van der Waals surface area contributed by atoms with E-state index in [0.29, 0.717) is 6.42 Å². The van der Waals surface area contributed by atoms with Gasteiger partial charge in [-0.25, -0.2) is 14.1 Å². The zero-order chi connectivity index (χ0) is 16.8. The summed E-state index contributed by atoms with van der Waals surface area (Å²) in [6.45, 7) is 1.89. The van der Waals surface area contributed by atoms with Crippen molar-refractivity contribution < 1.29 is 14.0 Å². The Morgan fingerprint density at radius 1 is 1.30 bits per heavy atom. The average molecular weight is 319 g/mol. The number of anilines is 1. The minimum Gasteiger partial charge on any atom is -0.358 e. The number of carbonyl (C=O) groups is 2. The van der Waals surface area contributed by atoms with E-state index in [9.17, 15) is 14.0 Å². The van der Waals surface area contributed by atoms with Crippen molar-refractivity contribution in [3.8, 4) is 0 Å². The predicted molar refractivity (Wildman–Crippen MR) is 82.2 cm³/mol. The standard InChI is InChI=1S/C15H18FN5O2/c1-3-12(10-4-6-11(16)7-5-10)14(23)19-15-18-9-21(20-15)8-13(22)17-2/h4-7,9,12H,3,8H2,1-2H3,(H,17,22)(H,19,20,23)/t12-/m0/s1. The smallest absolute Gasteiger partial charge is 0.248 e. The van der Waals surface area contributed by atoms with Crippen molar-refractivity contribution in [1.29, 1.82) is 0 Å². The summed E-state index contributed by atoms with van der Waals surface area (Å²) in [5.41, 5.74) is 0.719. The average Bonchev–Trinajstić information content (AvgIpc) is 2.96. The molecule has 0 saturated heterocycles. The fraction of sp³-hybridized carbons (Fsp3) is 0.333. The van der Waals surface area contributed by atoms with Gasteiger partial charge in [0.1, 0.15) is 18.7 Å². The highest BCUT2D eigenvalue weighted by atomic mass is 19.1. The number of rotatable bonds is 6. The van der Waals surface area contributed by atoms with E-state index in [1.165, 1.54) is 30.2 Å². The van der Waals surface area contributed by atoms with Crippen LogP contribution in [0.25, 0.3) is 0 Å². The van der Waals surface area contributed by atoms with Crippen LogP contribution in [0.1, 0.15) is 24.8 Å². The Hall–Kier alpha value is -2.77. The predicted octanol–water partition coefficient (Wildman–Crippen LogP) is 1.30. The molecule has 0 unspecified atom stereocenters. The van der Waals surface area contributed by atoms with Crippen molar-refractivity contribution in [3.63, 3.8) is 0 Å². The minimum absolute atomic E-state index is 0.0224. The summed E-state index contributed by atoms with van der Waals surface area (Å²) in [6.07, 6.45) is 1.92. The molecular formula is C15H18FN5O2. The van der Waals surface area contributed by atoms with Gasteiger partial charge in [-0.2, -0.15) is 0 Å². The van der Waals surface area contributed by atoms with Gasteiger partial charge < -0.3 is 5.32 Å². The molecule has 7 nitrogen and oxygen atoms in total. The maximum Gasteiger partial charge on any atom is 0.248 e. The van der Waals surface area contributed by atoms with E-state index < -0.39 is 5.92 Å². The van der Waals surface area contributed by atoms with Gasteiger partial charge in [0.05, 0.1) is 5.92 Å². The Kier molecular flexibility index (Phi) is 5.40. The summed E-state index contributed by atoms with van der Waals surface area (Å²) >= 11 is 0. The SMILES string of the molecule is CC[C@H](C(=O)Nc1ncn(CC(=O)NC)n1)c1ccc(F)cc1. The molecule has 0 aliphatic carbocycles. The number of hydrogen-bond acceptors (Lipinski definition) is 4. The summed E-state index contributed by atoms with van der Waals surface area (Å²) in [6, 6.07) is 5.81. The highest BCUT2D eigenvalue weighted by Crippen LogP contribution is 2.21. The molecule has 0 aliphatic rings. The summed E-state index contributed by atoms with van der Waals surface area (Å²) in [7, 11) is 1.52. The van der Waals surface area contributed by atoms with Gasteiger partial charge in [0.25, 0.3) is 0 Å². The molecule has 0 fully saturated rings. The van der Waals surface area contributed by atoms with E-state index in [2.05, 4.69) is 20.7 Å². The van der Waals surface area contributed by atoms with Crippen molar-refractivity contribution in [1.82, 2.24) is 20.1 Å². The van der Waals surface area contributed by atoms with Gasteiger partial charge in [-0.1, -0.05) is 19.1 Å². The lowest BCUT2D eigenvalue weighted by molar-refractivity contribution is -0.121. The van der Waals surface area contributed by atoms with Crippen LogP contribution >= 0.6 is 0 Å². The maximum absolute atomic E-state index is 13.0. The first-order valence-corrected chi connectivity index (χ1v) is 7.19. The van der Waals surface area contributed by atoms with E-state index in [1.807, 2.05) is 6.92 Å². The molecule has 23 heavy (non-hydrogen) atoms. The molecule has 2 N–H and O–H groups in total. The van der Waals surface area contributed by atoms with Crippen LogP contribution in [-0.4, -0.2) is 33.6 Å². The van der Waals surface area contributed by atoms with E-state index in [4.69, 9.17) is 0 Å². The summed E-state index contributed by atoms with van der Waals surface area (Å²) in [4.78, 5) is 27.6. The molecule has 0 bridgehead atoms. The van der Waals surface area contributed by atoms with Crippen molar-refractivity contribution in [2.75, 3.05) is 12.4 Å². The van der Waals surface area contributed by atoms with Crippen molar-refractivity contribution in [2.45, 2.75) is 25.8 Å². The van der Waals surface area contributed by atoms with Crippen LogP contribution in [0.4, 0.5) is 10.3 Å². The molecule has 0 spiro atoms. The molecule has 2 aromatic rings. The van der Waals surface area contributed by atoms with Crippen LogP contribution in [0.2, 0.25) is 0 Å². The Balaban J connectivity index is 2.05. The van der Waals surface area contributed by atoms with Gasteiger partial charge in [-0.3, -0.25) is 14.9 Å². The molecule has 0 aliphatic heterocycles. The lowest BCUT2D eigenvalue weighted by atomic mass is 9.96. The number of nitrogens with one attached hydrogen (secondary N) is 2. The fourth-order valence-corrected chi connectivity index (χ4v) is 2.12. The van der Waals surface area contributed by atoms with E-state index in [0.717, 1.165) is 5.56 Å². The number of halogens is 1. The molecule has 2 rings (SSSR count). The van der Waals surface area contributed by atoms with E-state index in [-0.39, 0.29) is 30.1 Å². The first-order valence-electron chi connectivity index (χ1n) is 7.19. The van der Waals surface area contributed by atoms with Gasteiger partial charge in [0.15, 0.2) is 0 Å². The van der Waals surface area contributed by atoms with Gasteiger partial charge in [-0.05, 0) is 24.1 Å². The number of amides is 2.